The maximum atomic E-state index is 12.8. The van der Waals surface area contributed by atoms with E-state index in [2.05, 4.69) is 25.3 Å². The summed E-state index contributed by atoms with van der Waals surface area (Å²) in [5.41, 5.74) is 1.64. The van der Waals surface area contributed by atoms with E-state index in [-0.39, 0.29) is 52.4 Å². The molecule has 14 heteroatoms. The van der Waals surface area contributed by atoms with Crippen molar-refractivity contribution in [1.82, 2.24) is 15.3 Å². The summed E-state index contributed by atoms with van der Waals surface area (Å²) in [6.07, 6.45) is 2.08. The highest BCUT2D eigenvalue weighted by Crippen LogP contribution is 2.21. The number of hydrogen-bond donors (Lipinski definition) is 3. The van der Waals surface area contributed by atoms with Gasteiger partial charge < -0.3 is 24.8 Å². The molecule has 0 aliphatic carbocycles. The van der Waals surface area contributed by atoms with Crippen molar-refractivity contribution in [1.29, 1.82) is 0 Å². The Morgan fingerprint density at radius 1 is 0.927 bits per heavy atom. The summed E-state index contributed by atoms with van der Waals surface area (Å²) in [7, 11) is -1.26. The zero-order valence-electron chi connectivity index (χ0n) is 22.6. The molecule has 0 aliphatic heterocycles. The maximum Gasteiger partial charge on any atom is 0.321 e. The molecule has 3 rings (SSSR count). The molecule has 0 atom stereocenters. The number of aromatic nitrogens is 2. The molecule has 1 amide bonds. The van der Waals surface area contributed by atoms with Crippen LogP contribution >= 0.6 is 12.2 Å². The second kappa shape index (κ2) is 15.5. The normalized spacial score (nSPS) is 10.8. The number of esters is 1. The molecule has 3 N–H and O–H groups in total. The molecule has 1 aromatic heterocycles. The third-order valence-corrected chi connectivity index (χ3v) is 7.06. The molecule has 0 aliphatic rings. The monoisotopic (exact) mass is 601 g/mol. The topological polar surface area (TPSA) is 158 Å². The molecule has 0 bridgehead atoms. The third kappa shape index (κ3) is 10.7. The Kier molecular flexibility index (Phi) is 11.8. The third-order valence-electron chi connectivity index (χ3n) is 5.49. The van der Waals surface area contributed by atoms with E-state index in [4.69, 9.17) is 26.4 Å². The SMILES string of the molecule is COc1cc(NS(=O)(=O)c2ccc(NC(=S)NC(=O)CCCC(=O)OCCCc3ccccc3)cc2)nc(OC)n1. The number of anilines is 2. The maximum absolute atomic E-state index is 12.8. The van der Waals surface area contributed by atoms with Crippen molar-refractivity contribution in [2.75, 3.05) is 30.9 Å². The summed E-state index contributed by atoms with van der Waals surface area (Å²) in [5, 5.41) is 5.38. The van der Waals surface area contributed by atoms with E-state index in [9.17, 15) is 18.0 Å². The molecule has 2 aromatic carbocycles. The van der Waals surface area contributed by atoms with Crippen LogP contribution in [0, 0.1) is 0 Å². The van der Waals surface area contributed by atoms with Crippen LogP contribution in [-0.4, -0.2) is 56.2 Å². The molecule has 0 radical (unpaired) electrons. The summed E-state index contributed by atoms with van der Waals surface area (Å²) in [4.78, 5) is 31.9. The van der Waals surface area contributed by atoms with Gasteiger partial charge in [-0.2, -0.15) is 9.97 Å². The number of ether oxygens (including phenoxy) is 3. The Hall–Kier alpha value is -4.30. The summed E-state index contributed by atoms with van der Waals surface area (Å²) in [5.74, 6) is -0.622. The number of nitrogens with zero attached hydrogens (tertiary/aromatic N) is 2. The van der Waals surface area contributed by atoms with Crippen molar-refractivity contribution in [2.45, 2.75) is 37.0 Å². The molecule has 0 unspecified atom stereocenters. The van der Waals surface area contributed by atoms with Crippen molar-refractivity contribution in [3.8, 4) is 11.9 Å². The summed E-state index contributed by atoms with van der Waals surface area (Å²) in [6, 6.07) is 16.9. The second-order valence-corrected chi connectivity index (χ2v) is 10.7. The number of carbonyl (C=O) groups excluding carboxylic acids is 2. The largest absolute Gasteiger partial charge is 0.481 e. The number of sulfonamides is 1. The van der Waals surface area contributed by atoms with Crippen LogP contribution in [0.15, 0.2) is 65.6 Å². The lowest BCUT2D eigenvalue weighted by molar-refractivity contribution is -0.143. The first-order valence-electron chi connectivity index (χ1n) is 12.6. The number of aryl methyl sites for hydroxylation is 1. The Morgan fingerprint density at radius 2 is 1.66 bits per heavy atom. The number of thiocarbonyl (C=S) groups is 1. The molecule has 0 spiro atoms. The summed E-state index contributed by atoms with van der Waals surface area (Å²) in [6.45, 7) is 0.328. The lowest BCUT2D eigenvalue weighted by Crippen LogP contribution is -2.34. The molecule has 3 aromatic rings. The van der Waals surface area contributed by atoms with Crippen LogP contribution in [0.2, 0.25) is 0 Å². The van der Waals surface area contributed by atoms with Gasteiger partial charge in [-0.25, -0.2) is 8.42 Å². The van der Waals surface area contributed by atoms with Gasteiger partial charge in [0.1, 0.15) is 0 Å². The highest BCUT2D eigenvalue weighted by molar-refractivity contribution is 7.92. The molecular formula is C27H31N5O7S2. The van der Waals surface area contributed by atoms with E-state index < -0.39 is 10.0 Å². The number of methoxy groups -OCH3 is 2. The van der Waals surface area contributed by atoms with Gasteiger partial charge in [0.05, 0.1) is 25.7 Å². The fourth-order valence-electron chi connectivity index (χ4n) is 3.49. The van der Waals surface area contributed by atoms with Crippen molar-refractivity contribution in [3.05, 3.63) is 66.2 Å². The molecular weight excluding hydrogens is 570 g/mol. The number of rotatable bonds is 14. The molecule has 12 nitrogen and oxygen atoms in total. The van der Waals surface area contributed by atoms with Gasteiger partial charge in [-0.05, 0) is 61.3 Å². The molecule has 1 heterocycles. The minimum atomic E-state index is -3.98. The Bertz CT molecular complexity index is 1410. The van der Waals surface area contributed by atoms with Crippen LogP contribution in [0.5, 0.6) is 11.9 Å². The molecule has 0 fully saturated rings. The standard InChI is InChI=1S/C27H31N5O7S2/c1-37-24-18-22(29-26(31-24)38-2)32-41(35,36)21-15-13-20(14-16-21)28-27(40)30-23(33)11-6-12-25(34)39-17-7-10-19-8-4-3-5-9-19/h3-5,8-9,13-16,18H,6-7,10-12,17H2,1-2H3,(H,29,31,32)(H2,28,30,33,40). The first-order valence-corrected chi connectivity index (χ1v) is 14.5. The van der Waals surface area contributed by atoms with Crippen LogP contribution in [0.4, 0.5) is 11.5 Å². The highest BCUT2D eigenvalue weighted by Gasteiger charge is 2.17. The van der Waals surface area contributed by atoms with Gasteiger partial charge >= 0.3 is 12.0 Å². The minimum absolute atomic E-state index is 0.0314. The zero-order valence-corrected chi connectivity index (χ0v) is 24.2. The number of amides is 1. The van der Waals surface area contributed by atoms with E-state index >= 15 is 0 Å². The molecule has 0 saturated heterocycles. The van der Waals surface area contributed by atoms with Crippen LogP contribution < -0.4 is 24.8 Å². The van der Waals surface area contributed by atoms with Crippen LogP contribution in [0.25, 0.3) is 0 Å². The number of nitrogens with one attached hydrogen (secondary N) is 3. The number of benzene rings is 2. The van der Waals surface area contributed by atoms with Gasteiger partial charge in [-0.3, -0.25) is 14.3 Å². The van der Waals surface area contributed by atoms with Crippen LogP contribution in [0.1, 0.15) is 31.2 Å². The van der Waals surface area contributed by atoms with Gasteiger partial charge in [-0.15, -0.1) is 0 Å². The van der Waals surface area contributed by atoms with Crippen LogP contribution in [-0.2, 0) is 30.8 Å². The van der Waals surface area contributed by atoms with Crippen molar-refractivity contribution in [3.63, 3.8) is 0 Å². The number of hydrogen-bond acceptors (Lipinski definition) is 10. The highest BCUT2D eigenvalue weighted by atomic mass is 32.2. The average molecular weight is 602 g/mol. The van der Waals surface area contributed by atoms with Gasteiger partial charge in [-0.1, -0.05) is 30.3 Å². The predicted octanol–water partition coefficient (Wildman–Crippen LogP) is 3.45. The van der Waals surface area contributed by atoms with E-state index in [0.717, 1.165) is 12.8 Å². The van der Waals surface area contributed by atoms with Gasteiger partial charge in [0, 0.05) is 24.6 Å². The van der Waals surface area contributed by atoms with E-state index in [1.807, 2.05) is 30.3 Å². The fourth-order valence-corrected chi connectivity index (χ4v) is 4.71. The minimum Gasteiger partial charge on any atom is -0.481 e. The molecule has 218 valence electrons. The van der Waals surface area contributed by atoms with Crippen molar-refractivity contribution in [2.24, 2.45) is 0 Å². The zero-order chi connectivity index (χ0) is 29.7. The first kappa shape index (κ1) is 31.2. The summed E-state index contributed by atoms with van der Waals surface area (Å²) < 4.78 is 43.1. The fraction of sp³-hybridized carbons (Fsp3) is 0.296. The van der Waals surface area contributed by atoms with Gasteiger partial charge in [0.25, 0.3) is 10.0 Å². The molecule has 0 saturated carbocycles. The van der Waals surface area contributed by atoms with E-state index in [1.54, 1.807) is 0 Å². The van der Waals surface area contributed by atoms with Gasteiger partial charge in [0.2, 0.25) is 11.8 Å². The smallest absolute Gasteiger partial charge is 0.321 e. The first-order chi connectivity index (χ1) is 19.7. The van der Waals surface area contributed by atoms with Crippen molar-refractivity contribution >= 4 is 50.7 Å². The van der Waals surface area contributed by atoms with E-state index in [1.165, 1.54) is 50.1 Å². The Labute approximate surface area is 243 Å². The van der Waals surface area contributed by atoms with Crippen LogP contribution in [0.3, 0.4) is 0 Å². The quantitative estimate of drug-likeness (QED) is 0.141. The Balaban J connectivity index is 1.38. The van der Waals surface area contributed by atoms with Crippen molar-refractivity contribution < 1.29 is 32.2 Å². The average Bonchev–Trinajstić information content (AvgIpc) is 2.95. The Morgan fingerprint density at radius 3 is 2.34 bits per heavy atom. The lowest BCUT2D eigenvalue weighted by Gasteiger charge is -2.12. The van der Waals surface area contributed by atoms with Gasteiger partial charge in [0.15, 0.2) is 10.9 Å². The number of carbonyl (C=O) groups is 2. The predicted molar refractivity (Wildman–Crippen MR) is 156 cm³/mol. The lowest BCUT2D eigenvalue weighted by atomic mass is 10.1. The second-order valence-electron chi connectivity index (χ2n) is 8.58. The van der Waals surface area contributed by atoms with E-state index in [0.29, 0.717) is 18.7 Å². The molecule has 41 heavy (non-hydrogen) atoms. The summed E-state index contributed by atoms with van der Waals surface area (Å²) >= 11 is 5.16.